The molecule has 0 saturated heterocycles. The van der Waals surface area contributed by atoms with Crippen molar-refractivity contribution in [1.29, 1.82) is 0 Å². The van der Waals surface area contributed by atoms with Gasteiger partial charge in [-0.25, -0.2) is 4.98 Å². The highest BCUT2D eigenvalue weighted by atomic mass is 32.2. The van der Waals surface area contributed by atoms with E-state index >= 15 is 0 Å². The minimum atomic E-state index is 0.761. The van der Waals surface area contributed by atoms with Crippen molar-refractivity contribution >= 4 is 23.5 Å². The molecule has 0 bridgehead atoms. The number of hydrogen-bond donors (Lipinski definition) is 0. The molecular weight excluding hydrogens is 236 g/mol. The Kier molecular flexibility index (Phi) is 2.56. The van der Waals surface area contributed by atoms with E-state index in [1.54, 1.807) is 24.4 Å². The Morgan fingerprint density at radius 2 is 2.47 bits per heavy atom. The average molecular weight is 246 g/mol. The number of aromatic nitrogens is 4. The lowest BCUT2D eigenvalue weighted by molar-refractivity contribution is 0.556. The number of rotatable bonds is 3. The van der Waals surface area contributed by atoms with Gasteiger partial charge >= 0.3 is 0 Å². The topological polar surface area (TPSA) is 56.2 Å². The van der Waals surface area contributed by atoms with Crippen LogP contribution in [0.1, 0.15) is 12.7 Å². The van der Waals surface area contributed by atoms with Crippen LogP contribution in [0.15, 0.2) is 34.3 Å². The molecule has 0 saturated carbocycles. The number of furan rings is 1. The largest absolute Gasteiger partial charge is 0.465 e. The molecule has 0 spiro atoms. The fraction of sp³-hybridized carbons (Fsp3) is 0.182. The minimum absolute atomic E-state index is 0.761. The summed E-state index contributed by atoms with van der Waals surface area (Å²) in [7, 11) is 0. The second kappa shape index (κ2) is 4.21. The second-order valence-electron chi connectivity index (χ2n) is 3.40. The molecule has 0 N–H and O–H groups in total. The first-order valence-corrected chi connectivity index (χ1v) is 6.24. The maximum atomic E-state index is 5.27. The Morgan fingerprint density at radius 1 is 1.53 bits per heavy atom. The van der Waals surface area contributed by atoms with Gasteiger partial charge in [-0.3, -0.25) is 4.40 Å². The van der Waals surface area contributed by atoms with Crippen molar-refractivity contribution in [3.05, 3.63) is 35.8 Å². The highest BCUT2D eigenvalue weighted by Gasteiger charge is 2.08. The van der Waals surface area contributed by atoms with Crippen LogP contribution in [0.25, 0.3) is 11.7 Å². The molecule has 0 aliphatic rings. The minimum Gasteiger partial charge on any atom is -0.465 e. The zero-order valence-electron chi connectivity index (χ0n) is 9.20. The predicted octanol–water partition coefficient (Wildman–Crippen LogP) is 1.38. The molecule has 3 rings (SSSR count). The molecule has 5 nitrogen and oxygen atoms in total. The summed E-state index contributed by atoms with van der Waals surface area (Å²) in [6.45, 7) is 2.09. The van der Waals surface area contributed by atoms with E-state index in [2.05, 4.69) is 22.1 Å². The van der Waals surface area contributed by atoms with E-state index in [9.17, 15) is 0 Å². The van der Waals surface area contributed by atoms with Gasteiger partial charge in [0.1, 0.15) is 17.4 Å². The van der Waals surface area contributed by atoms with Crippen LogP contribution in [0.3, 0.4) is 0 Å². The van der Waals surface area contributed by atoms with Crippen LogP contribution in [0.4, 0.5) is 0 Å². The van der Waals surface area contributed by atoms with Crippen LogP contribution in [0.2, 0.25) is 0 Å². The molecule has 17 heavy (non-hydrogen) atoms. The summed E-state index contributed by atoms with van der Waals surface area (Å²) < 4.78 is 7.16. The van der Waals surface area contributed by atoms with E-state index in [0.29, 0.717) is 0 Å². The number of hydrogen-bond acceptors (Lipinski definition) is 5. The van der Waals surface area contributed by atoms with Crippen molar-refractivity contribution in [3.63, 3.8) is 0 Å². The molecule has 6 heteroatoms. The van der Waals surface area contributed by atoms with Crippen molar-refractivity contribution in [3.8, 4) is 0 Å². The Morgan fingerprint density at radius 3 is 3.24 bits per heavy atom. The van der Waals surface area contributed by atoms with Gasteiger partial charge in [-0.15, -0.1) is 10.2 Å². The fourth-order valence-corrected chi connectivity index (χ4v) is 2.29. The van der Waals surface area contributed by atoms with Gasteiger partial charge in [0, 0.05) is 6.08 Å². The lowest BCUT2D eigenvalue weighted by atomic mass is 10.4. The summed E-state index contributed by atoms with van der Waals surface area (Å²) in [4.78, 5) is 4.52. The number of nitrogens with zero attached hydrogens (tertiary/aromatic N) is 4. The molecule has 0 amide bonds. The molecule has 0 aromatic carbocycles. The highest BCUT2D eigenvalue weighted by Crippen LogP contribution is 2.14. The maximum Gasteiger partial charge on any atom is 0.188 e. The van der Waals surface area contributed by atoms with E-state index in [0.717, 1.165) is 27.7 Å². The third-order valence-electron chi connectivity index (χ3n) is 2.29. The molecule has 3 aromatic heterocycles. The van der Waals surface area contributed by atoms with Crippen molar-refractivity contribution in [2.24, 2.45) is 0 Å². The molecule has 0 aliphatic heterocycles. The lowest BCUT2D eigenvalue weighted by Crippen LogP contribution is -2.02. The number of imidazole rings is 1. The zero-order chi connectivity index (χ0) is 11.7. The Hall–Kier alpha value is -1.82. The first-order chi connectivity index (χ1) is 8.38. The van der Waals surface area contributed by atoms with Crippen LogP contribution < -0.4 is 5.35 Å². The Balaban J connectivity index is 2.19. The highest BCUT2D eigenvalue weighted by molar-refractivity contribution is 7.99. The van der Waals surface area contributed by atoms with Crippen LogP contribution in [-0.2, 0) is 0 Å². The van der Waals surface area contributed by atoms with Crippen molar-refractivity contribution in [2.45, 2.75) is 12.1 Å². The molecule has 3 aromatic rings. The van der Waals surface area contributed by atoms with Gasteiger partial charge in [-0.1, -0.05) is 18.7 Å². The first-order valence-electron chi connectivity index (χ1n) is 5.26. The molecule has 0 aliphatic carbocycles. The van der Waals surface area contributed by atoms with Crippen LogP contribution in [-0.4, -0.2) is 25.3 Å². The molecular formula is C11H10N4OS. The third kappa shape index (κ3) is 1.80. The Labute approximate surface area is 102 Å². The van der Waals surface area contributed by atoms with Gasteiger partial charge in [-0.2, -0.15) is 0 Å². The molecule has 0 atom stereocenters. The lowest BCUT2D eigenvalue weighted by Gasteiger charge is -1.90. The van der Waals surface area contributed by atoms with Crippen molar-refractivity contribution in [1.82, 2.24) is 19.6 Å². The van der Waals surface area contributed by atoms with Crippen molar-refractivity contribution < 1.29 is 4.42 Å². The van der Waals surface area contributed by atoms with Crippen LogP contribution in [0.5, 0.6) is 0 Å². The fourth-order valence-electron chi connectivity index (χ4n) is 1.59. The Bertz CT molecular complexity index is 674. The number of fused-ring (bicyclic) bond motifs is 1. The monoisotopic (exact) mass is 246 g/mol. The van der Waals surface area contributed by atoms with Crippen molar-refractivity contribution in [2.75, 3.05) is 5.75 Å². The van der Waals surface area contributed by atoms with Gasteiger partial charge < -0.3 is 4.42 Å². The van der Waals surface area contributed by atoms with Gasteiger partial charge in [0.2, 0.25) is 0 Å². The average Bonchev–Trinajstić information content (AvgIpc) is 3.01. The summed E-state index contributed by atoms with van der Waals surface area (Å²) >= 11 is 1.66. The van der Waals surface area contributed by atoms with Crippen LogP contribution in [0, 0.1) is 0 Å². The predicted molar refractivity (Wildman–Crippen MR) is 64.7 cm³/mol. The summed E-state index contributed by atoms with van der Waals surface area (Å²) in [5.74, 6) is 1.73. The molecule has 86 valence electrons. The summed E-state index contributed by atoms with van der Waals surface area (Å²) in [6.07, 6.45) is 5.18. The van der Waals surface area contributed by atoms with E-state index in [1.807, 2.05) is 22.6 Å². The molecule has 0 unspecified atom stereocenters. The quantitative estimate of drug-likeness (QED) is 0.653. The van der Waals surface area contributed by atoms with E-state index < -0.39 is 0 Å². The van der Waals surface area contributed by atoms with E-state index in [4.69, 9.17) is 4.42 Å². The SMILES string of the molecule is CCSc1n/c(=C/c2ccco2)c2nncn12. The molecule has 0 fully saturated rings. The normalized spacial score (nSPS) is 12.6. The van der Waals surface area contributed by atoms with Gasteiger partial charge in [0.25, 0.3) is 0 Å². The summed E-state index contributed by atoms with van der Waals surface area (Å²) in [6, 6.07) is 3.73. The third-order valence-corrected chi connectivity index (χ3v) is 3.13. The molecule has 3 heterocycles. The van der Waals surface area contributed by atoms with Gasteiger partial charge in [0.05, 0.1) is 6.26 Å². The van der Waals surface area contributed by atoms with Gasteiger partial charge in [0.15, 0.2) is 10.8 Å². The summed E-state index contributed by atoms with van der Waals surface area (Å²) in [5.41, 5.74) is 0.761. The maximum absolute atomic E-state index is 5.27. The standard InChI is InChI=1S/C11H10N4OS/c1-2-17-11-13-9(6-8-4-3-5-16-8)10-14-12-7-15(10)11/h3-7H,2H2,1H3/b9-6+. The zero-order valence-corrected chi connectivity index (χ0v) is 10.0. The van der Waals surface area contributed by atoms with Crippen LogP contribution >= 0.6 is 11.8 Å². The van der Waals surface area contributed by atoms with Gasteiger partial charge in [-0.05, 0) is 17.9 Å². The smallest absolute Gasteiger partial charge is 0.188 e. The van der Waals surface area contributed by atoms with E-state index in [-0.39, 0.29) is 0 Å². The molecule has 0 radical (unpaired) electrons. The summed E-state index contributed by atoms with van der Waals surface area (Å²) in [5, 5.41) is 9.66. The first kappa shape index (κ1) is 10.3. The van der Waals surface area contributed by atoms with E-state index in [1.165, 1.54) is 0 Å². The number of thioether (sulfide) groups is 1. The second-order valence-corrected chi connectivity index (χ2v) is 4.63.